The summed E-state index contributed by atoms with van der Waals surface area (Å²) in [4.78, 5) is 2.56. The van der Waals surface area contributed by atoms with Gasteiger partial charge in [-0.1, -0.05) is 36.4 Å². The second-order valence-electron chi connectivity index (χ2n) is 9.76. The summed E-state index contributed by atoms with van der Waals surface area (Å²) in [7, 11) is 3.46. The Labute approximate surface area is 213 Å². The number of ether oxygens (including phenoxy) is 4. The minimum Gasteiger partial charge on any atom is -0.493 e. The van der Waals surface area contributed by atoms with Gasteiger partial charge in [-0.25, -0.2) is 0 Å². The zero-order valence-corrected chi connectivity index (χ0v) is 21.3. The monoisotopic (exact) mass is 483 g/mol. The summed E-state index contributed by atoms with van der Waals surface area (Å²) in [6, 6.07) is 19.6. The molecule has 3 aromatic rings. The molecule has 0 radical (unpaired) electrons. The molecule has 0 aromatic heterocycles. The fourth-order valence-corrected chi connectivity index (χ4v) is 6.08. The van der Waals surface area contributed by atoms with Crippen molar-refractivity contribution < 1.29 is 18.9 Å². The van der Waals surface area contributed by atoms with Crippen molar-refractivity contribution in [2.75, 3.05) is 27.6 Å². The number of benzene rings is 3. The zero-order chi connectivity index (χ0) is 24.6. The molecule has 0 spiro atoms. The van der Waals surface area contributed by atoms with E-state index in [0.717, 1.165) is 61.6 Å². The van der Waals surface area contributed by atoms with Crippen molar-refractivity contribution in [2.24, 2.45) is 0 Å². The van der Waals surface area contributed by atoms with Gasteiger partial charge in [0.15, 0.2) is 23.0 Å². The van der Waals surface area contributed by atoms with Crippen LogP contribution in [-0.2, 0) is 12.8 Å². The molecular weight excluding hydrogens is 450 g/mol. The first-order chi connectivity index (χ1) is 17.7. The minimum absolute atomic E-state index is 0.173. The summed E-state index contributed by atoms with van der Waals surface area (Å²) in [5.41, 5.74) is 9.23. The molecule has 5 heteroatoms. The lowest BCUT2D eigenvalue weighted by Crippen LogP contribution is -2.36. The van der Waals surface area contributed by atoms with Gasteiger partial charge in [0.1, 0.15) is 0 Å². The van der Waals surface area contributed by atoms with Gasteiger partial charge >= 0.3 is 0 Å². The van der Waals surface area contributed by atoms with Gasteiger partial charge in [-0.3, -0.25) is 0 Å². The Morgan fingerprint density at radius 2 is 1.67 bits per heavy atom. The molecule has 3 aliphatic rings. The molecule has 0 saturated heterocycles. The predicted molar refractivity (Wildman–Crippen MR) is 142 cm³/mol. The molecule has 0 N–H and O–H groups in total. The van der Waals surface area contributed by atoms with Crippen LogP contribution in [0.4, 0.5) is 0 Å². The van der Waals surface area contributed by atoms with Crippen LogP contribution in [0.2, 0.25) is 0 Å². The highest BCUT2D eigenvalue weighted by Crippen LogP contribution is 2.53. The quantitative estimate of drug-likeness (QED) is 0.352. The first-order valence-corrected chi connectivity index (χ1v) is 12.9. The van der Waals surface area contributed by atoms with E-state index < -0.39 is 0 Å². The molecule has 186 valence electrons. The maximum Gasteiger partial charge on any atom is 0.231 e. The highest BCUT2D eigenvalue weighted by Gasteiger charge is 2.37. The van der Waals surface area contributed by atoms with Gasteiger partial charge < -0.3 is 23.8 Å². The van der Waals surface area contributed by atoms with Gasteiger partial charge in [0.05, 0.1) is 20.3 Å². The number of methoxy groups -OCH3 is 2. The Morgan fingerprint density at radius 3 is 2.44 bits per heavy atom. The lowest BCUT2D eigenvalue weighted by Gasteiger charge is -2.44. The Hall–Kier alpha value is -3.60. The van der Waals surface area contributed by atoms with Crippen molar-refractivity contribution in [1.29, 1.82) is 0 Å². The molecule has 3 heterocycles. The topological polar surface area (TPSA) is 40.2 Å². The Balaban J connectivity index is 1.45. The van der Waals surface area contributed by atoms with E-state index in [9.17, 15) is 0 Å². The van der Waals surface area contributed by atoms with E-state index in [2.05, 4.69) is 60.4 Å². The molecule has 0 saturated carbocycles. The molecule has 6 rings (SSSR count). The molecule has 0 bridgehead atoms. The van der Waals surface area contributed by atoms with Crippen molar-refractivity contribution >= 4 is 11.3 Å². The molecule has 3 aliphatic heterocycles. The van der Waals surface area contributed by atoms with Crippen LogP contribution >= 0.6 is 0 Å². The first kappa shape index (κ1) is 22.8. The lowest BCUT2D eigenvalue weighted by molar-refractivity contribution is 0.174. The summed E-state index contributed by atoms with van der Waals surface area (Å²) in [5, 5.41) is 0. The van der Waals surface area contributed by atoms with Gasteiger partial charge in [0.2, 0.25) is 6.79 Å². The van der Waals surface area contributed by atoms with Crippen LogP contribution in [0.5, 0.6) is 23.0 Å². The summed E-state index contributed by atoms with van der Waals surface area (Å²) < 4.78 is 23.1. The highest BCUT2D eigenvalue weighted by molar-refractivity contribution is 5.95. The summed E-state index contributed by atoms with van der Waals surface area (Å²) in [6.45, 7) is 3.53. The zero-order valence-electron chi connectivity index (χ0n) is 21.3. The van der Waals surface area contributed by atoms with Crippen LogP contribution in [0.15, 0.2) is 54.6 Å². The number of hydrogen-bond donors (Lipinski definition) is 0. The average molecular weight is 484 g/mol. The van der Waals surface area contributed by atoms with Gasteiger partial charge in [-0.2, -0.15) is 0 Å². The molecular formula is C31H33NO4. The van der Waals surface area contributed by atoms with Crippen LogP contribution in [-0.4, -0.2) is 32.5 Å². The number of rotatable bonds is 7. The molecule has 5 nitrogen and oxygen atoms in total. The predicted octanol–water partition coefficient (Wildman–Crippen LogP) is 6.65. The van der Waals surface area contributed by atoms with E-state index in [1.165, 1.54) is 39.1 Å². The van der Waals surface area contributed by atoms with Crippen molar-refractivity contribution in [3.8, 4) is 23.0 Å². The molecule has 3 aromatic carbocycles. The van der Waals surface area contributed by atoms with Crippen LogP contribution in [0.3, 0.4) is 0 Å². The SMILES string of the molecule is COc1ccc2c(c1OC)[C@H](C)N1CCc3cc4c(cc3C1=C2CCCCc1ccccc1)OCO4. The maximum atomic E-state index is 5.94. The molecule has 1 atom stereocenters. The molecule has 0 amide bonds. The van der Waals surface area contributed by atoms with Crippen molar-refractivity contribution in [2.45, 2.75) is 45.1 Å². The van der Waals surface area contributed by atoms with Crippen LogP contribution < -0.4 is 18.9 Å². The summed E-state index contributed by atoms with van der Waals surface area (Å²) in [6.07, 6.45) is 5.33. The Morgan fingerprint density at radius 1 is 0.889 bits per heavy atom. The lowest BCUT2D eigenvalue weighted by atomic mass is 9.80. The van der Waals surface area contributed by atoms with E-state index in [1.54, 1.807) is 14.2 Å². The fourth-order valence-electron chi connectivity index (χ4n) is 6.08. The van der Waals surface area contributed by atoms with Crippen molar-refractivity contribution in [1.82, 2.24) is 4.90 Å². The van der Waals surface area contributed by atoms with E-state index in [-0.39, 0.29) is 6.04 Å². The number of nitrogens with zero attached hydrogens (tertiary/aromatic N) is 1. The standard InChI is InChI=1S/C31H33NO4/c1-20-29-23(13-14-26(33-2)31(29)34-3)24(12-8-7-11-21-9-5-4-6-10-21)30-25-18-28-27(35-19-36-28)17-22(25)15-16-32(20)30/h4-6,9-10,13-14,17-18,20H,7-8,11-12,15-16,19H2,1-3H3/t20-/m0/s1. The van der Waals surface area contributed by atoms with E-state index in [0.29, 0.717) is 6.79 Å². The smallest absolute Gasteiger partial charge is 0.231 e. The van der Waals surface area contributed by atoms with E-state index in [1.807, 2.05) is 6.07 Å². The second-order valence-corrected chi connectivity index (χ2v) is 9.76. The van der Waals surface area contributed by atoms with Gasteiger partial charge in [0.25, 0.3) is 0 Å². The first-order valence-electron chi connectivity index (χ1n) is 12.9. The number of fused-ring (bicyclic) bond motifs is 5. The summed E-state index contributed by atoms with van der Waals surface area (Å²) in [5.74, 6) is 3.34. The molecule has 0 fully saturated rings. The number of hydrogen-bond acceptors (Lipinski definition) is 5. The van der Waals surface area contributed by atoms with Gasteiger partial charge in [-0.05, 0) is 79.5 Å². The average Bonchev–Trinajstić information content (AvgIpc) is 3.38. The van der Waals surface area contributed by atoms with Crippen LogP contribution in [0, 0.1) is 0 Å². The summed E-state index contributed by atoms with van der Waals surface area (Å²) >= 11 is 0. The Kier molecular flexibility index (Phi) is 6.00. The molecule has 0 aliphatic carbocycles. The van der Waals surface area contributed by atoms with Gasteiger partial charge in [-0.15, -0.1) is 0 Å². The third-order valence-corrected chi connectivity index (χ3v) is 7.83. The van der Waals surface area contributed by atoms with Crippen molar-refractivity contribution in [3.05, 3.63) is 82.4 Å². The van der Waals surface area contributed by atoms with Crippen LogP contribution in [0.1, 0.15) is 60.0 Å². The number of unbranched alkanes of at least 4 members (excludes halogenated alkanes) is 1. The molecule has 36 heavy (non-hydrogen) atoms. The normalized spacial score (nSPS) is 17.4. The molecule has 0 unspecified atom stereocenters. The highest BCUT2D eigenvalue weighted by atomic mass is 16.7. The van der Waals surface area contributed by atoms with Crippen molar-refractivity contribution in [3.63, 3.8) is 0 Å². The van der Waals surface area contributed by atoms with Gasteiger partial charge in [0, 0.05) is 23.4 Å². The largest absolute Gasteiger partial charge is 0.493 e. The Bertz CT molecular complexity index is 1310. The number of aryl methyl sites for hydroxylation is 1. The maximum absolute atomic E-state index is 5.94. The fraction of sp³-hybridized carbons (Fsp3) is 0.355. The van der Waals surface area contributed by atoms with E-state index >= 15 is 0 Å². The van der Waals surface area contributed by atoms with E-state index in [4.69, 9.17) is 18.9 Å². The second kappa shape index (κ2) is 9.45. The van der Waals surface area contributed by atoms with Crippen LogP contribution in [0.25, 0.3) is 11.3 Å². The number of allylic oxidation sites excluding steroid dienone is 1. The third-order valence-electron chi connectivity index (χ3n) is 7.83. The minimum atomic E-state index is 0.173. The third kappa shape index (κ3) is 3.78.